The average molecular weight is 328 g/mol. The first kappa shape index (κ1) is 15.3. The van der Waals surface area contributed by atoms with Gasteiger partial charge in [0.2, 0.25) is 0 Å². The average Bonchev–Trinajstić information content (AvgIpc) is 2.59. The zero-order chi connectivity index (χ0) is 16.2. The first-order chi connectivity index (χ1) is 11.2. The number of ketones is 1. The third-order valence-electron chi connectivity index (χ3n) is 3.53. The van der Waals surface area contributed by atoms with Crippen LogP contribution in [0.15, 0.2) is 63.8 Å². The molecular weight excluding hydrogens is 314 g/mol. The van der Waals surface area contributed by atoms with Crippen molar-refractivity contribution in [2.45, 2.75) is 6.54 Å². The predicted octanol–water partition coefficient (Wildman–Crippen LogP) is 3.83. The highest BCUT2D eigenvalue weighted by Crippen LogP contribution is 2.26. The molecule has 4 nitrogen and oxygen atoms in total. The van der Waals surface area contributed by atoms with Crippen LogP contribution in [-0.2, 0) is 6.54 Å². The van der Waals surface area contributed by atoms with E-state index in [0.717, 1.165) is 5.56 Å². The molecule has 23 heavy (non-hydrogen) atoms. The summed E-state index contributed by atoms with van der Waals surface area (Å²) in [7, 11) is 0. The molecule has 0 saturated heterocycles. The maximum atomic E-state index is 12.2. The largest absolute Gasteiger partial charge is 0.422 e. The highest BCUT2D eigenvalue weighted by Gasteiger charge is 2.20. The molecule has 5 heteroatoms. The highest BCUT2D eigenvalue weighted by atomic mass is 35.5. The number of carbonyl (C=O) groups excluding carboxylic acids is 1. The lowest BCUT2D eigenvalue weighted by atomic mass is 10.1. The number of carbonyl (C=O) groups is 1. The molecule has 0 amide bonds. The van der Waals surface area contributed by atoms with Crippen molar-refractivity contribution in [3.05, 3.63) is 76.1 Å². The van der Waals surface area contributed by atoms with E-state index in [4.69, 9.17) is 16.0 Å². The summed E-state index contributed by atoms with van der Waals surface area (Å²) in [5.41, 5.74) is 1.22. The molecule has 1 heterocycles. The van der Waals surface area contributed by atoms with Gasteiger partial charge < -0.3 is 9.73 Å². The Hall–Kier alpha value is -2.59. The van der Waals surface area contributed by atoms with E-state index in [1.165, 1.54) is 0 Å². The van der Waals surface area contributed by atoms with Crippen molar-refractivity contribution in [3.8, 4) is 0 Å². The van der Waals surface area contributed by atoms with Crippen LogP contribution >= 0.6 is 11.6 Å². The van der Waals surface area contributed by atoms with Gasteiger partial charge in [-0.05, 0) is 17.7 Å². The molecule has 0 unspecified atom stereocenters. The fraction of sp³-hybridized carbons (Fsp3) is 0.111. The number of anilines is 1. The van der Waals surface area contributed by atoms with Crippen LogP contribution in [0.25, 0.3) is 11.0 Å². The number of fused-ring (bicyclic) bond motifs is 1. The molecule has 0 aliphatic heterocycles. The third kappa shape index (κ3) is 3.12. The van der Waals surface area contributed by atoms with Crippen molar-refractivity contribution in [2.24, 2.45) is 0 Å². The van der Waals surface area contributed by atoms with E-state index >= 15 is 0 Å². The molecule has 0 aliphatic rings. The van der Waals surface area contributed by atoms with E-state index in [-0.39, 0.29) is 11.4 Å². The molecule has 0 spiro atoms. The van der Waals surface area contributed by atoms with E-state index in [9.17, 15) is 9.59 Å². The number of hydrogen-bond acceptors (Lipinski definition) is 4. The summed E-state index contributed by atoms with van der Waals surface area (Å²) in [4.78, 5) is 24.3. The molecule has 0 fully saturated rings. The molecular formula is C18H14ClNO3. The quantitative estimate of drug-likeness (QED) is 0.439. The Balaban J connectivity index is 2.11. The minimum Gasteiger partial charge on any atom is -0.422 e. The molecule has 2 aromatic carbocycles. The molecule has 0 bridgehead atoms. The van der Waals surface area contributed by atoms with Crippen LogP contribution in [0.2, 0.25) is 0 Å². The summed E-state index contributed by atoms with van der Waals surface area (Å²) in [6, 6.07) is 16.8. The van der Waals surface area contributed by atoms with Crippen LogP contribution in [0.1, 0.15) is 15.9 Å². The van der Waals surface area contributed by atoms with Gasteiger partial charge in [0, 0.05) is 11.9 Å². The molecule has 0 radical (unpaired) electrons. The Labute approximate surface area is 137 Å². The van der Waals surface area contributed by atoms with Crippen molar-refractivity contribution in [3.63, 3.8) is 0 Å². The van der Waals surface area contributed by atoms with Crippen LogP contribution in [0.5, 0.6) is 0 Å². The van der Waals surface area contributed by atoms with Crippen molar-refractivity contribution < 1.29 is 9.21 Å². The van der Waals surface area contributed by atoms with Crippen LogP contribution < -0.4 is 10.9 Å². The maximum Gasteiger partial charge on any atom is 0.349 e. The second kappa shape index (κ2) is 6.67. The molecule has 1 aromatic heterocycles. The molecule has 3 rings (SSSR count). The SMILES string of the molecule is O=C(CCl)c1c(NCc2ccccc2)c2ccccc2oc1=O. The van der Waals surface area contributed by atoms with Gasteiger partial charge in [0.1, 0.15) is 11.1 Å². The van der Waals surface area contributed by atoms with Gasteiger partial charge in [-0.15, -0.1) is 11.6 Å². The minimum absolute atomic E-state index is 0.0327. The molecule has 0 saturated carbocycles. The topological polar surface area (TPSA) is 59.3 Å². The fourth-order valence-corrected chi connectivity index (χ4v) is 2.57. The summed E-state index contributed by atoms with van der Waals surface area (Å²) in [6.07, 6.45) is 0. The van der Waals surface area contributed by atoms with Gasteiger partial charge >= 0.3 is 5.63 Å². The predicted molar refractivity (Wildman–Crippen MR) is 91.3 cm³/mol. The molecule has 116 valence electrons. The van der Waals surface area contributed by atoms with Gasteiger partial charge in [0.15, 0.2) is 5.78 Å². The second-order valence-electron chi connectivity index (χ2n) is 5.03. The number of Topliss-reactive ketones (excluding diaryl/α,β-unsaturated/α-hetero) is 1. The van der Waals surface area contributed by atoms with E-state index in [1.54, 1.807) is 18.2 Å². The number of halogens is 1. The molecule has 3 aromatic rings. The van der Waals surface area contributed by atoms with Crippen LogP contribution in [-0.4, -0.2) is 11.7 Å². The standard InChI is InChI=1S/C18H14ClNO3/c19-10-14(21)16-17(20-11-12-6-2-1-3-7-12)13-8-4-5-9-15(13)23-18(16)22/h1-9,20H,10-11H2. The second-order valence-corrected chi connectivity index (χ2v) is 5.30. The zero-order valence-electron chi connectivity index (χ0n) is 12.2. The van der Waals surface area contributed by atoms with E-state index in [2.05, 4.69) is 5.32 Å². The number of benzene rings is 2. The summed E-state index contributed by atoms with van der Waals surface area (Å²) >= 11 is 5.64. The fourth-order valence-electron chi connectivity index (χ4n) is 2.44. The summed E-state index contributed by atoms with van der Waals surface area (Å²) in [5.74, 6) is -0.731. The lowest BCUT2D eigenvalue weighted by Crippen LogP contribution is -2.19. The number of alkyl halides is 1. The van der Waals surface area contributed by atoms with Gasteiger partial charge in [-0.3, -0.25) is 4.79 Å². The van der Waals surface area contributed by atoms with Gasteiger partial charge in [-0.1, -0.05) is 42.5 Å². The van der Waals surface area contributed by atoms with Crippen molar-refractivity contribution in [1.82, 2.24) is 0 Å². The van der Waals surface area contributed by atoms with Gasteiger partial charge in [-0.25, -0.2) is 4.79 Å². The Kier molecular flexibility index (Phi) is 4.44. The maximum absolute atomic E-state index is 12.2. The summed E-state index contributed by atoms with van der Waals surface area (Å²) < 4.78 is 5.23. The molecule has 0 atom stereocenters. The number of rotatable bonds is 5. The number of nitrogens with one attached hydrogen (secondary N) is 1. The van der Waals surface area contributed by atoms with Gasteiger partial charge in [0.25, 0.3) is 0 Å². The summed E-state index contributed by atoms with van der Waals surface area (Å²) in [6.45, 7) is 0.483. The van der Waals surface area contributed by atoms with Crippen molar-refractivity contribution in [2.75, 3.05) is 11.2 Å². The first-order valence-corrected chi connectivity index (χ1v) is 7.67. The smallest absolute Gasteiger partial charge is 0.349 e. The van der Waals surface area contributed by atoms with E-state index in [1.807, 2.05) is 36.4 Å². The Bertz CT molecular complexity index is 903. The van der Waals surface area contributed by atoms with Crippen LogP contribution in [0, 0.1) is 0 Å². The van der Waals surface area contributed by atoms with Crippen molar-refractivity contribution >= 4 is 34.0 Å². The van der Waals surface area contributed by atoms with Crippen LogP contribution in [0.3, 0.4) is 0 Å². The monoisotopic (exact) mass is 327 g/mol. The lowest BCUT2D eigenvalue weighted by molar-refractivity contribution is 0.101. The summed E-state index contributed by atoms with van der Waals surface area (Å²) in [5, 5.41) is 3.87. The Morgan fingerprint density at radius 3 is 2.48 bits per heavy atom. The first-order valence-electron chi connectivity index (χ1n) is 7.13. The molecule has 1 N–H and O–H groups in total. The molecule has 0 aliphatic carbocycles. The van der Waals surface area contributed by atoms with E-state index in [0.29, 0.717) is 23.2 Å². The zero-order valence-corrected chi connectivity index (χ0v) is 13.0. The number of hydrogen-bond donors (Lipinski definition) is 1. The normalized spacial score (nSPS) is 10.7. The van der Waals surface area contributed by atoms with Gasteiger partial charge in [-0.2, -0.15) is 0 Å². The Morgan fingerprint density at radius 2 is 1.74 bits per heavy atom. The van der Waals surface area contributed by atoms with E-state index < -0.39 is 11.4 Å². The van der Waals surface area contributed by atoms with Crippen LogP contribution in [0.4, 0.5) is 5.69 Å². The highest BCUT2D eigenvalue weighted by molar-refractivity contribution is 6.31. The Morgan fingerprint density at radius 1 is 1.04 bits per heavy atom. The van der Waals surface area contributed by atoms with Crippen molar-refractivity contribution in [1.29, 1.82) is 0 Å². The van der Waals surface area contributed by atoms with Gasteiger partial charge in [0.05, 0.1) is 11.6 Å². The third-order valence-corrected chi connectivity index (χ3v) is 3.77. The number of para-hydroxylation sites is 1. The minimum atomic E-state index is -0.676. The lowest BCUT2D eigenvalue weighted by Gasteiger charge is -2.12.